The number of β-amino-alcohol motifs (C(OH)–C–C–N with tert-alkyl or cyclic N) is 1. The van der Waals surface area contributed by atoms with E-state index in [4.69, 9.17) is 10.1 Å². The molecule has 5 rings (SSSR count). The zero-order chi connectivity index (χ0) is 17.7. The zero-order valence-electron chi connectivity index (χ0n) is 15.1. The molecule has 1 saturated heterocycles. The smallest absolute Gasteiger partial charge is 0.230 e. The molecule has 0 spiro atoms. The lowest BCUT2D eigenvalue weighted by atomic mass is 9.87. The minimum absolute atomic E-state index is 0.219. The van der Waals surface area contributed by atoms with Crippen molar-refractivity contribution in [3.63, 3.8) is 0 Å². The first kappa shape index (κ1) is 16.4. The molecule has 0 bridgehead atoms. The number of fused-ring (bicyclic) bond motifs is 5. The molecule has 0 amide bonds. The summed E-state index contributed by atoms with van der Waals surface area (Å²) >= 11 is 1.85. The molecule has 0 aromatic carbocycles. The molecule has 1 aliphatic heterocycles. The maximum atomic E-state index is 9.15. The second kappa shape index (κ2) is 6.44. The third-order valence-corrected chi connectivity index (χ3v) is 6.93. The molecule has 4 heterocycles. The Morgan fingerprint density at radius 1 is 1.27 bits per heavy atom. The van der Waals surface area contributed by atoms with Crippen LogP contribution in [0.25, 0.3) is 15.9 Å². The summed E-state index contributed by atoms with van der Waals surface area (Å²) in [6.07, 6.45) is 5.33. The Hall–Kier alpha value is -1.77. The van der Waals surface area contributed by atoms with Crippen LogP contribution in [-0.4, -0.2) is 68.9 Å². The Labute approximate surface area is 156 Å². The van der Waals surface area contributed by atoms with E-state index in [1.54, 1.807) is 6.33 Å². The lowest BCUT2D eigenvalue weighted by Crippen LogP contribution is -2.48. The van der Waals surface area contributed by atoms with Crippen molar-refractivity contribution in [1.82, 2.24) is 24.5 Å². The number of aliphatic hydroxyl groups is 1. The number of aromatic nitrogens is 4. The fourth-order valence-electron chi connectivity index (χ4n) is 4.41. The molecule has 8 heteroatoms. The van der Waals surface area contributed by atoms with Crippen LogP contribution in [0.5, 0.6) is 0 Å². The highest BCUT2D eigenvalue weighted by atomic mass is 32.1. The average Bonchev–Trinajstić information content (AvgIpc) is 3.26. The van der Waals surface area contributed by atoms with E-state index in [1.165, 1.54) is 28.7 Å². The van der Waals surface area contributed by atoms with E-state index in [0.29, 0.717) is 5.92 Å². The van der Waals surface area contributed by atoms with Crippen molar-refractivity contribution in [3.8, 4) is 0 Å². The molecule has 1 aliphatic carbocycles. The molecular weight excluding hydrogens is 348 g/mol. The van der Waals surface area contributed by atoms with Gasteiger partial charge in [0.1, 0.15) is 11.2 Å². The van der Waals surface area contributed by atoms with E-state index in [2.05, 4.69) is 26.8 Å². The van der Waals surface area contributed by atoms with Gasteiger partial charge in [-0.15, -0.1) is 11.3 Å². The van der Waals surface area contributed by atoms with Crippen molar-refractivity contribution in [2.45, 2.75) is 32.1 Å². The molecule has 1 atom stereocenters. The number of hydrogen-bond acceptors (Lipinski definition) is 7. The van der Waals surface area contributed by atoms with Crippen LogP contribution >= 0.6 is 11.3 Å². The number of aliphatic hydroxyl groups excluding tert-OH is 1. The minimum atomic E-state index is 0.219. The second-order valence-corrected chi connectivity index (χ2v) is 8.46. The number of hydrogen-bond donors (Lipinski definition) is 1. The lowest BCUT2D eigenvalue weighted by Gasteiger charge is -2.34. The number of anilines is 1. The quantitative estimate of drug-likeness (QED) is 0.757. The van der Waals surface area contributed by atoms with Crippen LogP contribution < -0.4 is 4.90 Å². The molecule has 0 saturated carbocycles. The summed E-state index contributed by atoms with van der Waals surface area (Å²) in [5.41, 5.74) is 2.41. The normalized spacial score (nSPS) is 21.6. The van der Waals surface area contributed by atoms with Crippen LogP contribution in [-0.2, 0) is 6.42 Å². The molecule has 2 aliphatic rings. The number of aryl methyl sites for hydroxylation is 1. The Balaban J connectivity index is 1.60. The van der Waals surface area contributed by atoms with Gasteiger partial charge in [0, 0.05) is 37.6 Å². The van der Waals surface area contributed by atoms with E-state index in [-0.39, 0.29) is 6.61 Å². The first-order valence-electron chi connectivity index (χ1n) is 9.49. The predicted molar refractivity (Wildman–Crippen MR) is 103 cm³/mol. The van der Waals surface area contributed by atoms with Crippen molar-refractivity contribution < 1.29 is 5.11 Å². The fourth-order valence-corrected chi connectivity index (χ4v) is 5.73. The van der Waals surface area contributed by atoms with E-state index >= 15 is 0 Å². The molecule has 0 unspecified atom stereocenters. The molecule has 1 N–H and O–H groups in total. The summed E-state index contributed by atoms with van der Waals surface area (Å²) in [4.78, 5) is 16.8. The van der Waals surface area contributed by atoms with Gasteiger partial charge in [0.05, 0.1) is 12.0 Å². The summed E-state index contributed by atoms with van der Waals surface area (Å²) in [7, 11) is 0. The number of nitrogens with zero attached hydrogens (tertiary/aromatic N) is 6. The van der Waals surface area contributed by atoms with Gasteiger partial charge in [0.25, 0.3) is 0 Å². The van der Waals surface area contributed by atoms with Gasteiger partial charge in [-0.2, -0.15) is 9.61 Å². The fraction of sp³-hybridized carbons (Fsp3) is 0.611. The third-order valence-electron chi connectivity index (χ3n) is 5.77. The topological polar surface area (TPSA) is 69.8 Å². The van der Waals surface area contributed by atoms with Crippen LogP contribution in [0.15, 0.2) is 6.33 Å². The van der Waals surface area contributed by atoms with Crippen LogP contribution in [0.2, 0.25) is 0 Å². The van der Waals surface area contributed by atoms with E-state index in [0.717, 1.165) is 55.6 Å². The molecule has 138 valence electrons. The molecule has 7 nitrogen and oxygen atoms in total. The standard InChI is InChI=1S/C18H24N6OS/c1-12-3-2-4-13-14(12)15-16-19-11-20-24(16)18(21-17(15)26-13)23-7-5-22(6-8-23)9-10-25/h11-12,25H,2-10H2,1H3/t12-/m1/s1. The van der Waals surface area contributed by atoms with Gasteiger partial charge in [-0.25, -0.2) is 9.97 Å². The second-order valence-electron chi connectivity index (χ2n) is 7.37. The summed E-state index contributed by atoms with van der Waals surface area (Å²) in [6, 6.07) is 0. The first-order chi connectivity index (χ1) is 12.8. The van der Waals surface area contributed by atoms with Crippen molar-refractivity contribution >= 4 is 33.1 Å². The van der Waals surface area contributed by atoms with E-state index in [1.807, 2.05) is 15.9 Å². The van der Waals surface area contributed by atoms with Gasteiger partial charge >= 0.3 is 0 Å². The number of thiophene rings is 1. The Bertz CT molecular complexity index is 942. The van der Waals surface area contributed by atoms with E-state index in [9.17, 15) is 0 Å². The molecule has 3 aromatic rings. The SMILES string of the molecule is C[C@@H]1CCCc2sc3nc(N4CCN(CCO)CC4)n4ncnc4c3c21. The van der Waals surface area contributed by atoms with Crippen LogP contribution in [0.4, 0.5) is 5.95 Å². The summed E-state index contributed by atoms with van der Waals surface area (Å²) in [5, 5.41) is 14.9. The largest absolute Gasteiger partial charge is 0.395 e. The molecule has 1 fully saturated rings. The highest BCUT2D eigenvalue weighted by Gasteiger charge is 2.28. The van der Waals surface area contributed by atoms with Crippen molar-refractivity contribution in [2.75, 3.05) is 44.2 Å². The zero-order valence-corrected chi connectivity index (χ0v) is 15.9. The van der Waals surface area contributed by atoms with Gasteiger partial charge in [-0.05, 0) is 30.7 Å². The van der Waals surface area contributed by atoms with Crippen LogP contribution in [0.1, 0.15) is 36.1 Å². The van der Waals surface area contributed by atoms with Gasteiger partial charge in [0.2, 0.25) is 5.95 Å². The summed E-state index contributed by atoms with van der Waals surface area (Å²) in [5.74, 6) is 1.47. The first-order valence-corrected chi connectivity index (χ1v) is 10.3. The van der Waals surface area contributed by atoms with Crippen LogP contribution in [0, 0.1) is 0 Å². The lowest BCUT2D eigenvalue weighted by molar-refractivity contribution is 0.188. The van der Waals surface area contributed by atoms with Crippen molar-refractivity contribution in [1.29, 1.82) is 0 Å². The summed E-state index contributed by atoms with van der Waals surface area (Å²) in [6.45, 7) is 6.96. The van der Waals surface area contributed by atoms with Crippen LogP contribution in [0.3, 0.4) is 0 Å². The molecule has 26 heavy (non-hydrogen) atoms. The predicted octanol–water partition coefficient (Wildman–Crippen LogP) is 1.89. The summed E-state index contributed by atoms with van der Waals surface area (Å²) < 4.78 is 1.93. The minimum Gasteiger partial charge on any atom is -0.395 e. The number of rotatable bonds is 3. The van der Waals surface area contributed by atoms with E-state index < -0.39 is 0 Å². The Morgan fingerprint density at radius 2 is 2.12 bits per heavy atom. The third kappa shape index (κ3) is 2.51. The van der Waals surface area contributed by atoms with Crippen molar-refractivity contribution in [3.05, 3.63) is 16.8 Å². The Kier molecular flexibility index (Phi) is 4.06. The highest BCUT2D eigenvalue weighted by Crippen LogP contribution is 2.43. The number of piperazine rings is 1. The van der Waals surface area contributed by atoms with Crippen molar-refractivity contribution in [2.24, 2.45) is 0 Å². The molecule has 3 aromatic heterocycles. The molecule has 0 radical (unpaired) electrons. The van der Waals surface area contributed by atoms with Gasteiger partial charge in [-0.3, -0.25) is 4.90 Å². The maximum absolute atomic E-state index is 9.15. The highest BCUT2D eigenvalue weighted by molar-refractivity contribution is 7.19. The molecular formula is C18H24N6OS. The monoisotopic (exact) mass is 372 g/mol. The average molecular weight is 372 g/mol. The van der Waals surface area contributed by atoms with Gasteiger partial charge in [-0.1, -0.05) is 6.92 Å². The maximum Gasteiger partial charge on any atom is 0.230 e. The Morgan fingerprint density at radius 3 is 2.92 bits per heavy atom. The van der Waals surface area contributed by atoms with Gasteiger partial charge < -0.3 is 10.0 Å². The van der Waals surface area contributed by atoms with Gasteiger partial charge in [0.15, 0.2) is 5.65 Å².